The Morgan fingerprint density at radius 3 is 2.70 bits per heavy atom. The van der Waals surface area contributed by atoms with Crippen LogP contribution in [-0.2, 0) is 17.6 Å². The van der Waals surface area contributed by atoms with E-state index in [9.17, 15) is 4.79 Å². The van der Waals surface area contributed by atoms with Gasteiger partial charge in [-0.2, -0.15) is 0 Å². The lowest BCUT2D eigenvalue weighted by Gasteiger charge is -2.18. The molecule has 1 aliphatic rings. The molecule has 5 heteroatoms. The summed E-state index contributed by atoms with van der Waals surface area (Å²) in [5, 5.41) is 3.54. The molecule has 1 amide bonds. The second-order valence-electron chi connectivity index (χ2n) is 5.35. The number of ether oxygens (including phenoxy) is 2. The largest absolute Gasteiger partial charge is 0.486 e. The van der Waals surface area contributed by atoms with Crippen molar-refractivity contribution in [2.75, 3.05) is 19.8 Å². The Morgan fingerprint density at radius 2 is 1.87 bits per heavy atom. The lowest BCUT2D eigenvalue weighted by Crippen LogP contribution is -2.27. The van der Waals surface area contributed by atoms with Crippen LogP contribution < -0.4 is 14.8 Å². The van der Waals surface area contributed by atoms with Crippen LogP contribution in [-0.4, -0.2) is 25.7 Å². The Bertz CT molecular complexity index is 702. The zero-order valence-electron chi connectivity index (χ0n) is 12.7. The fourth-order valence-electron chi connectivity index (χ4n) is 2.47. The van der Waals surface area contributed by atoms with Crippen LogP contribution in [0.2, 0.25) is 5.02 Å². The van der Waals surface area contributed by atoms with E-state index >= 15 is 0 Å². The van der Waals surface area contributed by atoms with E-state index in [1.807, 2.05) is 36.4 Å². The molecule has 0 bridgehead atoms. The molecule has 1 aliphatic heterocycles. The molecule has 2 aromatic rings. The Kier molecular flexibility index (Phi) is 5.03. The molecule has 0 fully saturated rings. The van der Waals surface area contributed by atoms with E-state index in [0.717, 1.165) is 29.0 Å². The third kappa shape index (κ3) is 4.17. The lowest BCUT2D eigenvalue weighted by atomic mass is 10.1. The molecule has 0 aliphatic carbocycles. The second kappa shape index (κ2) is 7.38. The van der Waals surface area contributed by atoms with Crippen molar-refractivity contribution in [2.24, 2.45) is 0 Å². The summed E-state index contributed by atoms with van der Waals surface area (Å²) in [4.78, 5) is 12.0. The topological polar surface area (TPSA) is 47.6 Å². The van der Waals surface area contributed by atoms with Crippen LogP contribution in [0, 0.1) is 0 Å². The number of hydrogen-bond acceptors (Lipinski definition) is 3. The van der Waals surface area contributed by atoms with E-state index in [2.05, 4.69) is 5.32 Å². The molecule has 0 saturated heterocycles. The third-order valence-electron chi connectivity index (χ3n) is 3.65. The Hall–Kier alpha value is -2.20. The summed E-state index contributed by atoms with van der Waals surface area (Å²) in [7, 11) is 0. The van der Waals surface area contributed by atoms with Gasteiger partial charge in [0.2, 0.25) is 5.91 Å². The fraction of sp³-hybridized carbons (Fsp3) is 0.278. The van der Waals surface area contributed by atoms with Gasteiger partial charge in [0, 0.05) is 11.6 Å². The summed E-state index contributed by atoms with van der Waals surface area (Å²) in [6, 6.07) is 13.3. The maximum absolute atomic E-state index is 12.0. The molecule has 120 valence electrons. The lowest BCUT2D eigenvalue weighted by molar-refractivity contribution is -0.120. The van der Waals surface area contributed by atoms with E-state index in [0.29, 0.717) is 31.2 Å². The van der Waals surface area contributed by atoms with Crippen LogP contribution in [0.1, 0.15) is 11.1 Å². The van der Waals surface area contributed by atoms with Gasteiger partial charge in [-0.1, -0.05) is 35.9 Å². The predicted molar refractivity (Wildman–Crippen MR) is 89.3 cm³/mol. The van der Waals surface area contributed by atoms with Gasteiger partial charge < -0.3 is 14.8 Å². The van der Waals surface area contributed by atoms with Gasteiger partial charge in [0.25, 0.3) is 0 Å². The molecule has 4 nitrogen and oxygen atoms in total. The smallest absolute Gasteiger partial charge is 0.224 e. The maximum atomic E-state index is 12.0. The highest BCUT2D eigenvalue weighted by molar-refractivity contribution is 6.31. The highest BCUT2D eigenvalue weighted by atomic mass is 35.5. The number of carbonyl (C=O) groups is 1. The van der Waals surface area contributed by atoms with E-state index in [4.69, 9.17) is 21.1 Å². The first kappa shape index (κ1) is 15.7. The molecule has 0 unspecified atom stereocenters. The molecule has 1 N–H and O–H groups in total. The van der Waals surface area contributed by atoms with Crippen LogP contribution in [0.4, 0.5) is 0 Å². The molecular weight excluding hydrogens is 314 g/mol. The molecule has 0 radical (unpaired) electrons. The van der Waals surface area contributed by atoms with E-state index < -0.39 is 0 Å². The predicted octanol–water partition coefficient (Wildman–Crippen LogP) is 3.01. The first-order valence-electron chi connectivity index (χ1n) is 7.61. The third-order valence-corrected chi connectivity index (χ3v) is 4.02. The number of rotatable bonds is 5. The molecule has 0 spiro atoms. The number of benzene rings is 2. The zero-order valence-corrected chi connectivity index (χ0v) is 13.4. The Balaban J connectivity index is 1.49. The van der Waals surface area contributed by atoms with Crippen molar-refractivity contribution in [3.05, 3.63) is 58.6 Å². The first-order chi connectivity index (χ1) is 11.2. The van der Waals surface area contributed by atoms with Crippen molar-refractivity contribution < 1.29 is 14.3 Å². The standard InChI is InChI=1S/C18H18ClNO3/c19-15-4-2-1-3-14(15)12-18(21)20-8-7-13-5-6-16-17(11-13)23-10-9-22-16/h1-6,11H,7-10,12H2,(H,20,21). The summed E-state index contributed by atoms with van der Waals surface area (Å²) in [5.41, 5.74) is 1.94. The summed E-state index contributed by atoms with van der Waals surface area (Å²) in [6.45, 7) is 1.73. The second-order valence-corrected chi connectivity index (χ2v) is 5.75. The average Bonchev–Trinajstić information content (AvgIpc) is 2.57. The number of amides is 1. The van der Waals surface area contributed by atoms with Gasteiger partial charge in [-0.15, -0.1) is 0 Å². The molecular formula is C18H18ClNO3. The number of fused-ring (bicyclic) bond motifs is 1. The maximum Gasteiger partial charge on any atom is 0.224 e. The summed E-state index contributed by atoms with van der Waals surface area (Å²) < 4.78 is 11.0. The molecule has 2 aromatic carbocycles. The minimum atomic E-state index is -0.0318. The quantitative estimate of drug-likeness (QED) is 0.916. The molecule has 23 heavy (non-hydrogen) atoms. The Labute approximate surface area is 140 Å². The van der Waals surface area contributed by atoms with E-state index in [-0.39, 0.29) is 5.91 Å². The molecule has 1 heterocycles. The van der Waals surface area contributed by atoms with Crippen LogP contribution >= 0.6 is 11.6 Å². The van der Waals surface area contributed by atoms with Crippen molar-refractivity contribution in [3.63, 3.8) is 0 Å². The highest BCUT2D eigenvalue weighted by Gasteiger charge is 2.12. The normalized spacial score (nSPS) is 12.7. The fourth-order valence-corrected chi connectivity index (χ4v) is 2.67. The SMILES string of the molecule is O=C(Cc1ccccc1Cl)NCCc1ccc2c(c1)OCCO2. The van der Waals surface area contributed by atoms with Gasteiger partial charge >= 0.3 is 0 Å². The Morgan fingerprint density at radius 1 is 1.09 bits per heavy atom. The van der Waals surface area contributed by atoms with Gasteiger partial charge in [-0.05, 0) is 35.7 Å². The molecule has 0 aromatic heterocycles. The zero-order chi connectivity index (χ0) is 16.1. The molecule has 3 rings (SSSR count). The minimum Gasteiger partial charge on any atom is -0.486 e. The molecule has 0 saturated carbocycles. The molecule has 0 atom stereocenters. The minimum absolute atomic E-state index is 0.0318. The van der Waals surface area contributed by atoms with Gasteiger partial charge in [0.15, 0.2) is 11.5 Å². The van der Waals surface area contributed by atoms with Crippen LogP contribution in [0.25, 0.3) is 0 Å². The van der Waals surface area contributed by atoms with Crippen LogP contribution in [0.15, 0.2) is 42.5 Å². The summed E-state index contributed by atoms with van der Waals surface area (Å²) >= 11 is 6.06. The van der Waals surface area contributed by atoms with Crippen molar-refractivity contribution in [2.45, 2.75) is 12.8 Å². The van der Waals surface area contributed by atoms with Crippen molar-refractivity contribution in [1.29, 1.82) is 0 Å². The number of hydrogen-bond donors (Lipinski definition) is 1. The average molecular weight is 332 g/mol. The van der Waals surface area contributed by atoms with Crippen molar-refractivity contribution in [1.82, 2.24) is 5.32 Å². The monoisotopic (exact) mass is 331 g/mol. The van der Waals surface area contributed by atoms with Crippen molar-refractivity contribution in [3.8, 4) is 11.5 Å². The highest BCUT2D eigenvalue weighted by Crippen LogP contribution is 2.30. The first-order valence-corrected chi connectivity index (χ1v) is 7.99. The van der Waals surface area contributed by atoms with Gasteiger partial charge in [0.1, 0.15) is 13.2 Å². The number of halogens is 1. The summed E-state index contributed by atoms with van der Waals surface area (Å²) in [6.07, 6.45) is 1.03. The number of nitrogens with one attached hydrogen (secondary N) is 1. The van der Waals surface area contributed by atoms with Gasteiger partial charge in [-0.3, -0.25) is 4.79 Å². The van der Waals surface area contributed by atoms with Gasteiger partial charge in [0.05, 0.1) is 6.42 Å². The summed E-state index contributed by atoms with van der Waals surface area (Å²) in [5.74, 6) is 1.52. The van der Waals surface area contributed by atoms with E-state index in [1.54, 1.807) is 6.07 Å². The van der Waals surface area contributed by atoms with Crippen LogP contribution in [0.5, 0.6) is 11.5 Å². The van der Waals surface area contributed by atoms with Gasteiger partial charge in [-0.25, -0.2) is 0 Å². The van der Waals surface area contributed by atoms with Crippen molar-refractivity contribution >= 4 is 17.5 Å². The van der Waals surface area contributed by atoms with E-state index in [1.165, 1.54) is 0 Å². The van der Waals surface area contributed by atoms with Crippen LogP contribution in [0.3, 0.4) is 0 Å². The number of carbonyl (C=O) groups excluding carboxylic acids is 1.